The van der Waals surface area contributed by atoms with E-state index in [9.17, 15) is 0 Å². The van der Waals surface area contributed by atoms with E-state index in [1.54, 1.807) is 0 Å². The van der Waals surface area contributed by atoms with Crippen molar-refractivity contribution in [2.75, 3.05) is 12.8 Å². The number of unbranched alkanes of at least 4 members (excludes halogenated alkanes) is 4. The van der Waals surface area contributed by atoms with E-state index < -0.39 is 8.32 Å². The predicted molar refractivity (Wildman–Crippen MR) is 73.0 cm³/mol. The van der Waals surface area contributed by atoms with Gasteiger partial charge in [-0.1, -0.05) is 26.2 Å². The minimum atomic E-state index is -1.56. The summed E-state index contributed by atoms with van der Waals surface area (Å²) >= 11 is 0. The van der Waals surface area contributed by atoms with Crippen molar-refractivity contribution < 1.29 is 9.16 Å². The van der Waals surface area contributed by atoms with Gasteiger partial charge in [-0.15, -0.1) is 0 Å². The van der Waals surface area contributed by atoms with Crippen LogP contribution in [0.4, 0.5) is 0 Å². The summed E-state index contributed by atoms with van der Waals surface area (Å²) in [5, 5.41) is 0. The molecule has 3 heteroatoms. The van der Waals surface area contributed by atoms with Crippen LogP contribution in [0.3, 0.4) is 0 Å². The van der Waals surface area contributed by atoms with E-state index in [1.807, 2.05) is 13.2 Å². The Labute approximate surface area is 102 Å². The molecular weight excluding hydrogens is 216 g/mol. The van der Waals surface area contributed by atoms with Gasteiger partial charge in [0.1, 0.15) is 6.23 Å². The average molecular weight is 244 g/mol. The Morgan fingerprint density at radius 3 is 2.44 bits per heavy atom. The van der Waals surface area contributed by atoms with Crippen LogP contribution in [0, 0.1) is 0 Å². The first-order valence-corrected chi connectivity index (χ1v) is 9.64. The molecule has 0 N–H and O–H groups in total. The van der Waals surface area contributed by atoms with Gasteiger partial charge < -0.3 is 9.16 Å². The van der Waals surface area contributed by atoms with Crippen molar-refractivity contribution in [3.05, 3.63) is 12.3 Å². The van der Waals surface area contributed by atoms with Gasteiger partial charge in [-0.2, -0.15) is 0 Å². The first-order chi connectivity index (χ1) is 7.62. The van der Waals surface area contributed by atoms with Crippen LogP contribution in [0.2, 0.25) is 13.1 Å². The molecule has 0 spiro atoms. The highest BCUT2D eigenvalue weighted by atomic mass is 28.4. The van der Waals surface area contributed by atoms with E-state index in [-0.39, 0.29) is 0 Å². The first-order valence-electron chi connectivity index (χ1n) is 6.53. The van der Waals surface area contributed by atoms with Crippen molar-refractivity contribution in [2.24, 2.45) is 0 Å². The molecule has 0 aromatic rings. The highest BCUT2D eigenvalue weighted by molar-refractivity contribution is 6.71. The highest BCUT2D eigenvalue weighted by Gasteiger charge is 2.21. The molecule has 16 heavy (non-hydrogen) atoms. The van der Waals surface area contributed by atoms with Crippen LogP contribution in [0.1, 0.15) is 46.0 Å². The second-order valence-electron chi connectivity index (χ2n) is 4.72. The molecule has 0 atom stereocenters. The second-order valence-corrected chi connectivity index (χ2v) is 8.82. The Morgan fingerprint density at radius 2 is 1.81 bits per heavy atom. The first kappa shape index (κ1) is 15.7. The molecule has 0 radical (unpaired) electrons. The predicted octanol–water partition coefficient (Wildman–Crippen LogP) is 4.27. The molecule has 0 aromatic carbocycles. The van der Waals surface area contributed by atoms with Crippen LogP contribution in [0.15, 0.2) is 12.3 Å². The van der Waals surface area contributed by atoms with Crippen LogP contribution in [-0.4, -0.2) is 21.2 Å². The van der Waals surface area contributed by atoms with Crippen molar-refractivity contribution in [3.8, 4) is 0 Å². The molecule has 0 fully saturated rings. The molecule has 0 bridgehead atoms. The summed E-state index contributed by atoms with van der Waals surface area (Å²) < 4.78 is 11.2. The van der Waals surface area contributed by atoms with Gasteiger partial charge in [0, 0.05) is 6.61 Å². The van der Waals surface area contributed by atoms with Gasteiger partial charge >= 0.3 is 0 Å². The summed E-state index contributed by atoms with van der Waals surface area (Å²) in [6, 6.07) is 0. The number of hydrogen-bond donors (Lipinski definition) is 0. The van der Waals surface area contributed by atoms with Crippen LogP contribution in [0.5, 0.6) is 0 Å². The smallest absolute Gasteiger partial charge is 0.224 e. The zero-order chi connectivity index (χ0) is 12.3. The van der Waals surface area contributed by atoms with Crippen LogP contribution < -0.4 is 0 Å². The molecular formula is C13H28O2Si. The average Bonchev–Trinajstić information content (AvgIpc) is 2.22. The third-order valence-electron chi connectivity index (χ3n) is 2.38. The number of rotatable bonds is 10. The normalized spacial score (nSPS) is 12.2. The molecule has 2 nitrogen and oxygen atoms in total. The molecule has 0 aliphatic heterocycles. The Bertz CT molecular complexity index is 179. The maximum Gasteiger partial charge on any atom is 0.224 e. The van der Waals surface area contributed by atoms with Gasteiger partial charge in [0.2, 0.25) is 8.32 Å². The molecule has 0 aliphatic carbocycles. The third-order valence-corrected chi connectivity index (χ3v) is 4.31. The van der Waals surface area contributed by atoms with E-state index in [4.69, 9.17) is 9.16 Å². The van der Waals surface area contributed by atoms with Gasteiger partial charge in [0.05, 0.1) is 6.26 Å². The van der Waals surface area contributed by atoms with E-state index in [1.165, 1.54) is 25.7 Å². The van der Waals surface area contributed by atoms with E-state index in [0.29, 0.717) is 0 Å². The van der Waals surface area contributed by atoms with E-state index in [2.05, 4.69) is 26.1 Å². The summed E-state index contributed by atoms with van der Waals surface area (Å²) in [7, 11) is -1.56. The molecule has 0 saturated carbocycles. The van der Waals surface area contributed by atoms with Gasteiger partial charge in [-0.3, -0.25) is 0 Å². The highest BCUT2D eigenvalue weighted by Crippen LogP contribution is 2.06. The van der Waals surface area contributed by atoms with Gasteiger partial charge in [-0.25, -0.2) is 0 Å². The largest absolute Gasteiger partial charge is 0.502 e. The molecule has 0 aromatic heterocycles. The molecule has 0 rings (SSSR count). The topological polar surface area (TPSA) is 18.5 Å². The maximum atomic E-state index is 5.67. The van der Waals surface area contributed by atoms with Gasteiger partial charge in [0.25, 0.3) is 0 Å². The fourth-order valence-electron chi connectivity index (χ4n) is 1.51. The Kier molecular flexibility index (Phi) is 9.73. The van der Waals surface area contributed by atoms with Crippen molar-refractivity contribution in [2.45, 2.75) is 59.0 Å². The molecule has 0 unspecified atom stereocenters. The second kappa shape index (κ2) is 9.91. The lowest BCUT2D eigenvalue weighted by molar-refractivity contribution is 0.250. The zero-order valence-electron chi connectivity index (χ0n) is 11.4. The SMILES string of the molecule is CCCCCC/C=C/OC[Si](C)(C)OCC. The molecule has 96 valence electrons. The lowest BCUT2D eigenvalue weighted by Crippen LogP contribution is -2.36. The summed E-state index contributed by atoms with van der Waals surface area (Å²) in [6.07, 6.45) is 11.1. The minimum absolute atomic E-state index is 0.756. The number of hydrogen-bond acceptors (Lipinski definition) is 2. The van der Waals surface area contributed by atoms with Crippen molar-refractivity contribution in [1.29, 1.82) is 0 Å². The maximum absolute atomic E-state index is 5.67. The lowest BCUT2D eigenvalue weighted by Gasteiger charge is -2.20. The monoisotopic (exact) mass is 244 g/mol. The zero-order valence-corrected chi connectivity index (χ0v) is 12.4. The summed E-state index contributed by atoms with van der Waals surface area (Å²) in [4.78, 5) is 0. The Hall–Kier alpha value is -0.283. The molecule has 0 heterocycles. The molecule has 0 amide bonds. The van der Waals surface area contributed by atoms with Gasteiger partial charge in [-0.05, 0) is 38.9 Å². The quantitative estimate of drug-likeness (QED) is 0.325. The Balaban J connectivity index is 3.39. The summed E-state index contributed by atoms with van der Waals surface area (Å²) in [5.41, 5.74) is 0. The van der Waals surface area contributed by atoms with Crippen molar-refractivity contribution in [3.63, 3.8) is 0 Å². The Morgan fingerprint density at radius 1 is 1.06 bits per heavy atom. The van der Waals surface area contributed by atoms with E-state index in [0.717, 1.165) is 19.3 Å². The molecule has 0 saturated heterocycles. The summed E-state index contributed by atoms with van der Waals surface area (Å²) in [6.45, 7) is 9.44. The molecule has 0 aliphatic rings. The number of ether oxygens (including phenoxy) is 1. The minimum Gasteiger partial charge on any atom is -0.502 e. The number of allylic oxidation sites excluding steroid dienone is 1. The standard InChI is InChI=1S/C13H28O2Si/c1-5-7-8-9-10-11-12-14-13-16(3,4)15-6-2/h11-12H,5-10,13H2,1-4H3/b12-11+. The lowest BCUT2D eigenvalue weighted by atomic mass is 10.2. The van der Waals surface area contributed by atoms with E-state index >= 15 is 0 Å². The van der Waals surface area contributed by atoms with Gasteiger partial charge in [0.15, 0.2) is 0 Å². The van der Waals surface area contributed by atoms with Crippen molar-refractivity contribution >= 4 is 8.32 Å². The third kappa shape index (κ3) is 10.2. The van der Waals surface area contributed by atoms with Crippen molar-refractivity contribution in [1.82, 2.24) is 0 Å². The van der Waals surface area contributed by atoms with Crippen LogP contribution in [-0.2, 0) is 9.16 Å². The summed E-state index contributed by atoms with van der Waals surface area (Å²) in [5.74, 6) is 0. The van der Waals surface area contributed by atoms with Crippen LogP contribution >= 0.6 is 0 Å². The van der Waals surface area contributed by atoms with Crippen LogP contribution in [0.25, 0.3) is 0 Å². The fraction of sp³-hybridized carbons (Fsp3) is 0.846. The fourth-order valence-corrected chi connectivity index (χ4v) is 2.87.